The molecule has 0 aromatic heterocycles. The van der Waals surface area contributed by atoms with Crippen LogP contribution in [0.1, 0.15) is 31.7 Å². The average Bonchev–Trinajstić information content (AvgIpc) is 2.97. The molecule has 1 aliphatic rings. The number of nitrogens with one attached hydrogen (secondary N) is 1. The van der Waals surface area contributed by atoms with Gasteiger partial charge < -0.3 is 5.32 Å². The number of halogens is 1. The van der Waals surface area contributed by atoms with Crippen LogP contribution in [0.2, 0.25) is 5.02 Å². The zero-order valence-electron chi connectivity index (χ0n) is 10.0. The Morgan fingerprint density at radius 3 is 2.94 bits per heavy atom. The van der Waals surface area contributed by atoms with Gasteiger partial charge in [-0.1, -0.05) is 37.6 Å². The summed E-state index contributed by atoms with van der Waals surface area (Å²) in [6.45, 7) is 6.76. The van der Waals surface area contributed by atoms with Gasteiger partial charge in [-0.2, -0.15) is 0 Å². The quantitative estimate of drug-likeness (QED) is 0.824. The summed E-state index contributed by atoms with van der Waals surface area (Å²) in [6, 6.07) is 8.29. The lowest BCUT2D eigenvalue weighted by Crippen LogP contribution is -2.22. The molecule has 0 heterocycles. The van der Waals surface area contributed by atoms with Crippen LogP contribution in [0, 0.1) is 11.8 Å². The lowest BCUT2D eigenvalue weighted by Gasteiger charge is -2.06. The predicted molar refractivity (Wildman–Crippen MR) is 70.0 cm³/mol. The van der Waals surface area contributed by atoms with Gasteiger partial charge in [0.15, 0.2) is 0 Å². The Bertz CT molecular complexity index is 348. The third-order valence-electron chi connectivity index (χ3n) is 3.16. The number of benzene rings is 1. The van der Waals surface area contributed by atoms with Gasteiger partial charge in [0.2, 0.25) is 0 Å². The molecule has 0 amide bonds. The molecular weight excluding hydrogens is 218 g/mol. The van der Waals surface area contributed by atoms with E-state index in [1.165, 1.54) is 12.0 Å². The molecule has 1 aromatic carbocycles. The van der Waals surface area contributed by atoms with Crippen LogP contribution >= 0.6 is 11.6 Å². The van der Waals surface area contributed by atoms with E-state index in [0.29, 0.717) is 0 Å². The highest BCUT2D eigenvalue weighted by Crippen LogP contribution is 2.47. The van der Waals surface area contributed by atoms with E-state index in [1.807, 2.05) is 6.07 Å². The molecule has 0 saturated heterocycles. The van der Waals surface area contributed by atoms with Crippen molar-refractivity contribution < 1.29 is 0 Å². The number of hydrogen-bond donors (Lipinski definition) is 1. The SMILES string of the molecule is CC(C)CNCC1CC1c1cccc(Cl)c1. The molecule has 16 heavy (non-hydrogen) atoms. The highest BCUT2D eigenvalue weighted by molar-refractivity contribution is 6.30. The molecule has 1 fully saturated rings. The lowest BCUT2D eigenvalue weighted by atomic mass is 10.1. The maximum atomic E-state index is 5.99. The molecule has 0 aliphatic heterocycles. The van der Waals surface area contributed by atoms with Crippen LogP contribution in [0.5, 0.6) is 0 Å². The van der Waals surface area contributed by atoms with Crippen LogP contribution in [-0.2, 0) is 0 Å². The maximum absolute atomic E-state index is 5.99. The van der Waals surface area contributed by atoms with Crippen LogP contribution in [-0.4, -0.2) is 13.1 Å². The van der Waals surface area contributed by atoms with Crippen LogP contribution in [0.25, 0.3) is 0 Å². The number of rotatable bonds is 5. The van der Waals surface area contributed by atoms with Gasteiger partial charge >= 0.3 is 0 Å². The Balaban J connectivity index is 1.78. The van der Waals surface area contributed by atoms with E-state index in [-0.39, 0.29) is 0 Å². The predicted octanol–water partition coefficient (Wildman–Crippen LogP) is 3.69. The largest absolute Gasteiger partial charge is 0.316 e. The maximum Gasteiger partial charge on any atom is 0.0408 e. The van der Waals surface area contributed by atoms with E-state index in [1.54, 1.807) is 0 Å². The van der Waals surface area contributed by atoms with Gasteiger partial charge in [0.1, 0.15) is 0 Å². The van der Waals surface area contributed by atoms with E-state index in [9.17, 15) is 0 Å². The first-order valence-electron chi connectivity index (χ1n) is 6.13. The van der Waals surface area contributed by atoms with E-state index >= 15 is 0 Å². The van der Waals surface area contributed by atoms with Crippen LogP contribution in [0.3, 0.4) is 0 Å². The van der Waals surface area contributed by atoms with Crippen molar-refractivity contribution in [3.63, 3.8) is 0 Å². The Morgan fingerprint density at radius 1 is 1.44 bits per heavy atom. The average molecular weight is 238 g/mol. The van der Waals surface area contributed by atoms with Crippen molar-refractivity contribution in [1.82, 2.24) is 5.32 Å². The molecule has 0 bridgehead atoms. The zero-order chi connectivity index (χ0) is 11.5. The van der Waals surface area contributed by atoms with Crippen molar-refractivity contribution >= 4 is 11.6 Å². The van der Waals surface area contributed by atoms with Crippen molar-refractivity contribution in [2.24, 2.45) is 11.8 Å². The molecule has 1 aromatic rings. The summed E-state index contributed by atoms with van der Waals surface area (Å²) in [6.07, 6.45) is 1.31. The molecule has 2 rings (SSSR count). The first kappa shape index (κ1) is 11.9. The zero-order valence-corrected chi connectivity index (χ0v) is 10.8. The minimum absolute atomic E-state index is 0.735. The van der Waals surface area contributed by atoms with Gasteiger partial charge in [0, 0.05) is 5.02 Å². The standard InChI is InChI=1S/C14H20ClN/c1-10(2)8-16-9-12-7-14(12)11-4-3-5-13(15)6-11/h3-6,10,12,14,16H,7-9H2,1-2H3. The molecule has 2 atom stereocenters. The monoisotopic (exact) mass is 237 g/mol. The molecule has 88 valence electrons. The van der Waals surface area contributed by atoms with E-state index in [2.05, 4.69) is 37.4 Å². The second kappa shape index (κ2) is 5.20. The fourth-order valence-corrected chi connectivity index (χ4v) is 2.37. The smallest absolute Gasteiger partial charge is 0.0408 e. The Morgan fingerprint density at radius 2 is 2.25 bits per heavy atom. The fraction of sp³-hybridized carbons (Fsp3) is 0.571. The normalized spacial score (nSPS) is 23.8. The highest BCUT2D eigenvalue weighted by atomic mass is 35.5. The van der Waals surface area contributed by atoms with E-state index in [4.69, 9.17) is 11.6 Å². The Labute approximate surface area is 103 Å². The molecule has 2 unspecified atom stereocenters. The minimum atomic E-state index is 0.735. The van der Waals surface area contributed by atoms with Gasteiger partial charge in [-0.25, -0.2) is 0 Å². The van der Waals surface area contributed by atoms with Gasteiger partial charge in [-0.05, 0) is 55.0 Å². The summed E-state index contributed by atoms with van der Waals surface area (Å²) in [5.41, 5.74) is 1.41. The number of hydrogen-bond acceptors (Lipinski definition) is 1. The third-order valence-corrected chi connectivity index (χ3v) is 3.39. The first-order valence-corrected chi connectivity index (χ1v) is 6.51. The second-order valence-corrected chi connectivity index (χ2v) is 5.65. The summed E-state index contributed by atoms with van der Waals surface area (Å²) < 4.78 is 0. The third kappa shape index (κ3) is 3.23. The van der Waals surface area contributed by atoms with Gasteiger partial charge in [-0.15, -0.1) is 0 Å². The Kier molecular flexibility index (Phi) is 3.88. The fourth-order valence-electron chi connectivity index (χ4n) is 2.18. The molecule has 1 N–H and O–H groups in total. The van der Waals surface area contributed by atoms with Crippen molar-refractivity contribution in [3.8, 4) is 0 Å². The van der Waals surface area contributed by atoms with Crippen molar-refractivity contribution in [2.75, 3.05) is 13.1 Å². The highest BCUT2D eigenvalue weighted by Gasteiger charge is 2.37. The van der Waals surface area contributed by atoms with E-state index < -0.39 is 0 Å². The van der Waals surface area contributed by atoms with Gasteiger partial charge in [0.25, 0.3) is 0 Å². The molecule has 1 aliphatic carbocycles. The van der Waals surface area contributed by atoms with Gasteiger partial charge in [0.05, 0.1) is 0 Å². The summed E-state index contributed by atoms with van der Waals surface area (Å²) >= 11 is 5.99. The minimum Gasteiger partial charge on any atom is -0.316 e. The molecule has 1 nitrogen and oxygen atoms in total. The molecule has 0 radical (unpaired) electrons. The van der Waals surface area contributed by atoms with Crippen molar-refractivity contribution in [3.05, 3.63) is 34.9 Å². The van der Waals surface area contributed by atoms with Gasteiger partial charge in [-0.3, -0.25) is 0 Å². The van der Waals surface area contributed by atoms with Crippen LogP contribution in [0.4, 0.5) is 0 Å². The topological polar surface area (TPSA) is 12.0 Å². The second-order valence-electron chi connectivity index (χ2n) is 5.21. The van der Waals surface area contributed by atoms with Crippen LogP contribution in [0.15, 0.2) is 24.3 Å². The van der Waals surface area contributed by atoms with Crippen LogP contribution < -0.4 is 5.32 Å². The lowest BCUT2D eigenvalue weighted by molar-refractivity contribution is 0.532. The molecule has 2 heteroatoms. The first-order chi connectivity index (χ1) is 7.66. The Hall–Kier alpha value is -0.530. The summed E-state index contributed by atoms with van der Waals surface area (Å²) in [4.78, 5) is 0. The molecule has 1 saturated carbocycles. The van der Waals surface area contributed by atoms with Crippen molar-refractivity contribution in [1.29, 1.82) is 0 Å². The molecule has 0 spiro atoms. The molecular formula is C14H20ClN. The van der Waals surface area contributed by atoms with E-state index in [0.717, 1.165) is 35.9 Å². The summed E-state index contributed by atoms with van der Waals surface area (Å²) in [5, 5.41) is 4.39. The summed E-state index contributed by atoms with van der Waals surface area (Å²) in [5.74, 6) is 2.29. The summed E-state index contributed by atoms with van der Waals surface area (Å²) in [7, 11) is 0. The van der Waals surface area contributed by atoms with Crippen molar-refractivity contribution in [2.45, 2.75) is 26.2 Å².